The van der Waals surface area contributed by atoms with Crippen molar-refractivity contribution in [2.45, 2.75) is 24.7 Å². The number of anilines is 1. The van der Waals surface area contributed by atoms with Crippen molar-refractivity contribution < 1.29 is 9.59 Å². The molecule has 0 aliphatic carbocycles. The predicted molar refractivity (Wildman–Crippen MR) is 106 cm³/mol. The van der Waals surface area contributed by atoms with Gasteiger partial charge in [0.25, 0.3) is 0 Å². The summed E-state index contributed by atoms with van der Waals surface area (Å²) in [5.41, 5.74) is 2.16. The van der Waals surface area contributed by atoms with E-state index in [2.05, 4.69) is 40.3 Å². The van der Waals surface area contributed by atoms with Crippen molar-refractivity contribution in [1.82, 2.24) is 15.2 Å². The Balaban J connectivity index is 1.57. The van der Waals surface area contributed by atoms with Crippen LogP contribution in [0.5, 0.6) is 0 Å². The summed E-state index contributed by atoms with van der Waals surface area (Å²) in [5.74, 6) is -0.132. The zero-order chi connectivity index (χ0) is 18.9. The molecule has 6 nitrogen and oxygen atoms in total. The third kappa shape index (κ3) is 3.32. The second-order valence-electron chi connectivity index (χ2n) is 7.27. The highest BCUT2D eigenvalue weighted by Crippen LogP contribution is 2.42. The Morgan fingerprint density at radius 3 is 2.63 bits per heavy atom. The smallest absolute Gasteiger partial charge is 0.227 e. The molecule has 1 aromatic carbocycles. The number of nitrogens with zero attached hydrogens (tertiary/aromatic N) is 2. The monoisotopic (exact) mass is 384 g/mol. The van der Waals surface area contributed by atoms with Gasteiger partial charge in [0.15, 0.2) is 5.13 Å². The summed E-state index contributed by atoms with van der Waals surface area (Å²) in [5, 5.41) is 8.94. The summed E-state index contributed by atoms with van der Waals surface area (Å²) >= 11 is 1.62. The van der Waals surface area contributed by atoms with Crippen LogP contribution < -0.4 is 10.6 Å². The molecule has 4 rings (SSSR count). The second-order valence-corrected chi connectivity index (χ2v) is 8.12. The number of carbonyl (C=O) groups excluding carboxylic acids is 2. The fourth-order valence-corrected chi connectivity index (χ4v) is 4.98. The molecule has 27 heavy (non-hydrogen) atoms. The summed E-state index contributed by atoms with van der Waals surface area (Å²) < 4.78 is 0. The number of nitrogens with one attached hydrogen (secondary N) is 2. The van der Waals surface area contributed by atoms with Crippen LogP contribution in [-0.2, 0) is 15.0 Å². The van der Waals surface area contributed by atoms with Crippen LogP contribution >= 0.6 is 11.3 Å². The fourth-order valence-electron chi connectivity index (χ4n) is 4.21. The van der Waals surface area contributed by atoms with Crippen LogP contribution in [-0.4, -0.2) is 48.4 Å². The SMILES string of the molecule is CNc1nc(C2(c3ccccc3)CCN(C(=O)C3CNC(=O)C3)CC2)cs1. The standard InChI is InChI=1S/C20H24N4O2S/c1-21-19-23-16(13-27-19)20(15-5-3-2-4-6-15)7-9-24(10-8-20)18(26)14-11-17(25)22-12-14/h2-6,13-14H,7-12H2,1H3,(H,21,23)(H,22,25). The average Bonchev–Trinajstić information content (AvgIpc) is 3.37. The van der Waals surface area contributed by atoms with E-state index in [1.165, 1.54) is 5.56 Å². The van der Waals surface area contributed by atoms with Crippen molar-refractivity contribution in [2.75, 3.05) is 32.0 Å². The lowest BCUT2D eigenvalue weighted by Gasteiger charge is -2.42. The number of hydrogen-bond acceptors (Lipinski definition) is 5. The number of amides is 2. The van der Waals surface area contributed by atoms with Gasteiger partial charge >= 0.3 is 0 Å². The topological polar surface area (TPSA) is 74.3 Å². The number of likely N-dealkylation sites (tertiary alicyclic amines) is 1. The molecule has 0 bridgehead atoms. The number of piperidine rings is 1. The molecule has 3 heterocycles. The third-order valence-electron chi connectivity index (χ3n) is 5.79. The lowest BCUT2D eigenvalue weighted by Crippen LogP contribution is -2.48. The molecule has 7 heteroatoms. The minimum absolute atomic E-state index is 0.0222. The first-order chi connectivity index (χ1) is 13.1. The van der Waals surface area contributed by atoms with Gasteiger partial charge in [0, 0.05) is 43.9 Å². The van der Waals surface area contributed by atoms with E-state index in [0.29, 0.717) is 26.1 Å². The highest BCUT2D eigenvalue weighted by Gasteiger charge is 2.42. The molecule has 2 aliphatic rings. The van der Waals surface area contributed by atoms with Gasteiger partial charge in [0.2, 0.25) is 11.8 Å². The van der Waals surface area contributed by atoms with E-state index >= 15 is 0 Å². The summed E-state index contributed by atoms with van der Waals surface area (Å²) in [7, 11) is 1.88. The number of hydrogen-bond donors (Lipinski definition) is 2. The second kappa shape index (κ2) is 7.31. The molecule has 0 radical (unpaired) electrons. The van der Waals surface area contributed by atoms with Crippen LogP contribution in [0.15, 0.2) is 35.7 Å². The molecule has 2 saturated heterocycles. The Hall–Kier alpha value is -2.41. The van der Waals surface area contributed by atoms with E-state index in [0.717, 1.165) is 23.7 Å². The third-order valence-corrected chi connectivity index (χ3v) is 6.65. The quantitative estimate of drug-likeness (QED) is 0.848. The number of rotatable bonds is 4. The molecule has 0 spiro atoms. The van der Waals surface area contributed by atoms with Crippen LogP contribution in [0.2, 0.25) is 0 Å². The number of carbonyl (C=O) groups is 2. The largest absolute Gasteiger partial charge is 0.365 e. The Kier molecular flexibility index (Phi) is 4.86. The molecule has 2 fully saturated rings. The lowest BCUT2D eigenvalue weighted by molar-refractivity contribution is -0.137. The van der Waals surface area contributed by atoms with Gasteiger partial charge in [-0.05, 0) is 18.4 Å². The van der Waals surface area contributed by atoms with Crippen molar-refractivity contribution >= 4 is 28.3 Å². The van der Waals surface area contributed by atoms with Crippen molar-refractivity contribution in [3.05, 3.63) is 47.0 Å². The van der Waals surface area contributed by atoms with E-state index in [1.807, 2.05) is 18.0 Å². The van der Waals surface area contributed by atoms with Crippen LogP contribution in [0.3, 0.4) is 0 Å². The molecule has 1 atom stereocenters. The normalized spacial score (nSPS) is 21.7. The van der Waals surface area contributed by atoms with Gasteiger partial charge in [0.1, 0.15) is 0 Å². The Bertz CT molecular complexity index is 828. The summed E-state index contributed by atoms with van der Waals surface area (Å²) in [6.45, 7) is 1.84. The van der Waals surface area contributed by atoms with E-state index in [-0.39, 0.29) is 23.1 Å². The molecule has 142 valence electrons. The van der Waals surface area contributed by atoms with Crippen LogP contribution in [0.25, 0.3) is 0 Å². The number of thiazole rings is 1. The van der Waals surface area contributed by atoms with Crippen LogP contribution in [0, 0.1) is 5.92 Å². The molecular formula is C20H24N4O2S. The highest BCUT2D eigenvalue weighted by atomic mass is 32.1. The molecule has 2 amide bonds. The molecule has 1 unspecified atom stereocenters. The molecule has 2 aromatic rings. The maximum absolute atomic E-state index is 12.8. The molecule has 0 saturated carbocycles. The summed E-state index contributed by atoms with van der Waals surface area (Å²) in [6.07, 6.45) is 1.99. The number of benzene rings is 1. The lowest BCUT2D eigenvalue weighted by atomic mass is 9.70. The van der Waals surface area contributed by atoms with E-state index in [1.54, 1.807) is 11.3 Å². The molecule has 2 N–H and O–H groups in total. The van der Waals surface area contributed by atoms with Crippen molar-refractivity contribution in [3.63, 3.8) is 0 Å². The minimum atomic E-state index is -0.211. The Morgan fingerprint density at radius 1 is 1.30 bits per heavy atom. The van der Waals surface area contributed by atoms with E-state index < -0.39 is 0 Å². The van der Waals surface area contributed by atoms with Crippen molar-refractivity contribution in [2.24, 2.45) is 5.92 Å². The average molecular weight is 385 g/mol. The zero-order valence-corrected chi connectivity index (χ0v) is 16.2. The fraction of sp³-hybridized carbons (Fsp3) is 0.450. The van der Waals surface area contributed by atoms with Gasteiger partial charge in [-0.15, -0.1) is 11.3 Å². The number of aromatic nitrogens is 1. The maximum atomic E-state index is 12.8. The van der Waals surface area contributed by atoms with Gasteiger partial charge in [-0.2, -0.15) is 0 Å². The van der Waals surface area contributed by atoms with Crippen LogP contribution in [0.4, 0.5) is 5.13 Å². The molecular weight excluding hydrogens is 360 g/mol. The minimum Gasteiger partial charge on any atom is -0.365 e. The first kappa shape index (κ1) is 18.0. The maximum Gasteiger partial charge on any atom is 0.227 e. The van der Waals surface area contributed by atoms with Gasteiger partial charge < -0.3 is 15.5 Å². The van der Waals surface area contributed by atoms with Gasteiger partial charge in [0.05, 0.1) is 11.6 Å². The van der Waals surface area contributed by atoms with E-state index in [9.17, 15) is 9.59 Å². The van der Waals surface area contributed by atoms with Gasteiger partial charge in [-0.3, -0.25) is 9.59 Å². The van der Waals surface area contributed by atoms with Gasteiger partial charge in [-0.25, -0.2) is 4.98 Å². The summed E-state index contributed by atoms with van der Waals surface area (Å²) in [6, 6.07) is 10.5. The summed E-state index contributed by atoms with van der Waals surface area (Å²) in [4.78, 5) is 31.0. The molecule has 1 aromatic heterocycles. The first-order valence-corrected chi connectivity index (χ1v) is 10.2. The predicted octanol–water partition coefficient (Wildman–Crippen LogP) is 2.23. The van der Waals surface area contributed by atoms with Gasteiger partial charge in [-0.1, -0.05) is 30.3 Å². The molecule has 2 aliphatic heterocycles. The Morgan fingerprint density at radius 2 is 2.04 bits per heavy atom. The Labute approximate surface area is 163 Å². The van der Waals surface area contributed by atoms with Crippen molar-refractivity contribution in [3.8, 4) is 0 Å². The van der Waals surface area contributed by atoms with Crippen LogP contribution in [0.1, 0.15) is 30.5 Å². The van der Waals surface area contributed by atoms with E-state index in [4.69, 9.17) is 4.98 Å². The zero-order valence-electron chi connectivity index (χ0n) is 15.4. The highest BCUT2D eigenvalue weighted by molar-refractivity contribution is 7.13. The van der Waals surface area contributed by atoms with Crippen molar-refractivity contribution in [1.29, 1.82) is 0 Å². The first-order valence-electron chi connectivity index (χ1n) is 9.37.